The molecule has 0 radical (unpaired) electrons. The highest BCUT2D eigenvalue weighted by Gasteiger charge is 2.20. The Hall–Kier alpha value is -1.26. The van der Waals surface area contributed by atoms with Crippen molar-refractivity contribution < 1.29 is 16.8 Å². The fourth-order valence-electron chi connectivity index (χ4n) is 1.80. The van der Waals surface area contributed by atoms with Gasteiger partial charge >= 0.3 is 0 Å². The van der Waals surface area contributed by atoms with Crippen LogP contribution in [0, 0.1) is 0 Å². The van der Waals surface area contributed by atoms with Gasteiger partial charge in [0.15, 0.2) is 0 Å². The van der Waals surface area contributed by atoms with E-state index in [4.69, 9.17) is 0 Å². The maximum atomic E-state index is 12.1. The molecule has 1 N–H and O–H groups in total. The normalized spacial score (nSPS) is 12.7. The quantitative estimate of drug-likeness (QED) is 0.798. The maximum Gasteiger partial charge on any atom is 0.252 e. The van der Waals surface area contributed by atoms with Crippen molar-refractivity contribution in [2.24, 2.45) is 0 Å². The Bertz CT molecular complexity index is 856. The van der Waals surface area contributed by atoms with Crippen LogP contribution in [-0.4, -0.2) is 35.2 Å². The Morgan fingerprint density at radius 2 is 1.65 bits per heavy atom. The summed E-state index contributed by atoms with van der Waals surface area (Å²) in [5, 5.41) is 0. The Morgan fingerprint density at radius 3 is 2.26 bits per heavy atom. The molecule has 0 bridgehead atoms. The predicted molar refractivity (Wildman–Crippen MR) is 91.1 cm³/mol. The fraction of sp³-hybridized carbons (Fsp3) is 0.286. The molecule has 126 valence electrons. The van der Waals surface area contributed by atoms with E-state index in [1.165, 1.54) is 20.2 Å². The number of nitrogens with zero attached hydrogens (tertiary/aromatic N) is 1. The van der Waals surface area contributed by atoms with E-state index in [9.17, 15) is 16.8 Å². The first-order valence-electron chi connectivity index (χ1n) is 6.73. The third-order valence-electron chi connectivity index (χ3n) is 3.04. The molecule has 0 saturated heterocycles. The van der Waals surface area contributed by atoms with Crippen LogP contribution >= 0.6 is 11.3 Å². The molecule has 0 aliphatic heterocycles. The molecule has 2 rings (SSSR count). The van der Waals surface area contributed by atoms with Crippen molar-refractivity contribution in [1.82, 2.24) is 9.03 Å². The summed E-state index contributed by atoms with van der Waals surface area (Å²) < 4.78 is 51.9. The van der Waals surface area contributed by atoms with Crippen LogP contribution < -0.4 is 4.72 Å². The Balaban J connectivity index is 2.03. The molecule has 6 nitrogen and oxygen atoms in total. The number of thiophene rings is 1. The van der Waals surface area contributed by atoms with Crippen LogP contribution in [0.15, 0.2) is 46.7 Å². The Labute approximate surface area is 140 Å². The molecule has 0 aliphatic rings. The van der Waals surface area contributed by atoms with Crippen molar-refractivity contribution in [2.45, 2.75) is 16.5 Å². The van der Waals surface area contributed by atoms with Crippen molar-refractivity contribution in [3.8, 4) is 0 Å². The van der Waals surface area contributed by atoms with Gasteiger partial charge in [0.25, 0.3) is 10.0 Å². The second-order valence-corrected chi connectivity index (χ2v) is 10.4. The van der Waals surface area contributed by atoms with Crippen LogP contribution in [0.4, 0.5) is 0 Å². The minimum Gasteiger partial charge on any atom is -0.212 e. The van der Waals surface area contributed by atoms with Crippen LogP contribution in [0.3, 0.4) is 0 Å². The zero-order chi connectivity index (χ0) is 17.1. The molecular formula is C14H18N2O4S3. The molecule has 0 spiro atoms. The molecule has 1 aromatic carbocycles. The lowest BCUT2D eigenvalue weighted by Gasteiger charge is -2.08. The molecule has 9 heteroatoms. The number of hydrogen-bond donors (Lipinski definition) is 1. The topological polar surface area (TPSA) is 83.6 Å². The van der Waals surface area contributed by atoms with Gasteiger partial charge in [-0.1, -0.05) is 30.3 Å². The second-order valence-electron chi connectivity index (χ2n) is 5.07. The summed E-state index contributed by atoms with van der Waals surface area (Å²) >= 11 is 1.06. The van der Waals surface area contributed by atoms with Crippen LogP contribution in [0.1, 0.15) is 10.4 Å². The van der Waals surface area contributed by atoms with E-state index in [0.717, 1.165) is 15.6 Å². The lowest BCUT2D eigenvalue weighted by Crippen LogP contribution is -2.24. The minimum atomic E-state index is -3.48. The van der Waals surface area contributed by atoms with Crippen LogP contribution in [0.5, 0.6) is 0 Å². The number of benzene rings is 1. The van der Waals surface area contributed by atoms with Crippen molar-refractivity contribution in [3.05, 3.63) is 52.9 Å². The van der Waals surface area contributed by atoms with Gasteiger partial charge in [-0.15, -0.1) is 11.3 Å². The van der Waals surface area contributed by atoms with Gasteiger partial charge in [-0.2, -0.15) is 0 Å². The maximum absolute atomic E-state index is 12.1. The molecule has 0 saturated carbocycles. The summed E-state index contributed by atoms with van der Waals surface area (Å²) in [5.74, 6) is -0.109. The average Bonchev–Trinajstić information content (AvgIpc) is 2.95. The molecule has 1 heterocycles. The first-order valence-corrected chi connectivity index (χ1v) is 10.6. The Morgan fingerprint density at radius 1 is 1.00 bits per heavy atom. The number of sulfonamides is 2. The van der Waals surface area contributed by atoms with E-state index in [2.05, 4.69) is 4.72 Å². The van der Waals surface area contributed by atoms with Crippen molar-refractivity contribution >= 4 is 31.4 Å². The zero-order valence-electron chi connectivity index (χ0n) is 12.8. The Kier molecular flexibility index (Phi) is 5.58. The van der Waals surface area contributed by atoms with E-state index >= 15 is 0 Å². The zero-order valence-corrected chi connectivity index (χ0v) is 15.2. The summed E-state index contributed by atoms with van der Waals surface area (Å²) in [4.78, 5) is 0.641. The summed E-state index contributed by atoms with van der Waals surface area (Å²) in [7, 11) is -4.05. The first-order chi connectivity index (χ1) is 10.7. The highest BCUT2D eigenvalue weighted by Crippen LogP contribution is 2.23. The lowest BCUT2D eigenvalue weighted by atomic mass is 10.2. The summed E-state index contributed by atoms with van der Waals surface area (Å²) in [5.41, 5.74) is 0.696. The fourth-order valence-corrected chi connectivity index (χ4v) is 5.46. The summed E-state index contributed by atoms with van der Waals surface area (Å²) in [6.45, 7) is 0.0722. The standard InChI is InChI=1S/C14H18N2O4S3/c1-16(2)23(19,20)14-9-8-13(21-14)10-15-22(17,18)11-12-6-4-3-5-7-12/h3-9,15H,10-11H2,1-2H3. The molecule has 0 amide bonds. The average molecular weight is 375 g/mol. The van der Waals surface area contributed by atoms with E-state index < -0.39 is 20.0 Å². The highest BCUT2D eigenvalue weighted by molar-refractivity contribution is 7.91. The van der Waals surface area contributed by atoms with Gasteiger partial charge in [-0.25, -0.2) is 25.9 Å². The van der Waals surface area contributed by atoms with E-state index in [-0.39, 0.29) is 16.5 Å². The molecule has 0 unspecified atom stereocenters. The number of nitrogens with one attached hydrogen (secondary N) is 1. The van der Waals surface area contributed by atoms with Gasteiger partial charge in [-0.3, -0.25) is 0 Å². The molecule has 0 atom stereocenters. The molecular weight excluding hydrogens is 356 g/mol. The van der Waals surface area contributed by atoms with Crippen LogP contribution in [0.25, 0.3) is 0 Å². The summed E-state index contributed by atoms with van der Waals surface area (Å²) in [6, 6.07) is 12.0. The van der Waals surface area contributed by atoms with E-state index in [0.29, 0.717) is 10.4 Å². The number of rotatable bonds is 7. The van der Waals surface area contributed by atoms with Gasteiger partial charge in [0.05, 0.1) is 5.75 Å². The van der Waals surface area contributed by atoms with Gasteiger partial charge in [0, 0.05) is 25.5 Å². The monoisotopic (exact) mass is 374 g/mol. The van der Waals surface area contributed by atoms with Crippen LogP contribution in [-0.2, 0) is 32.3 Å². The molecule has 1 aromatic heterocycles. The molecule has 0 fully saturated rings. The second kappa shape index (κ2) is 7.10. The smallest absolute Gasteiger partial charge is 0.212 e. The highest BCUT2D eigenvalue weighted by atomic mass is 32.2. The SMILES string of the molecule is CN(C)S(=O)(=O)c1ccc(CNS(=O)(=O)Cc2ccccc2)s1. The third kappa shape index (κ3) is 4.85. The van der Waals surface area contributed by atoms with Gasteiger partial charge in [0.2, 0.25) is 10.0 Å². The largest absolute Gasteiger partial charge is 0.252 e. The van der Waals surface area contributed by atoms with Gasteiger partial charge < -0.3 is 0 Å². The van der Waals surface area contributed by atoms with Gasteiger partial charge in [0.1, 0.15) is 4.21 Å². The van der Waals surface area contributed by atoms with Gasteiger partial charge in [-0.05, 0) is 17.7 Å². The summed E-state index contributed by atoms with van der Waals surface area (Å²) in [6.07, 6.45) is 0. The number of hydrogen-bond acceptors (Lipinski definition) is 5. The molecule has 2 aromatic rings. The molecule has 23 heavy (non-hydrogen) atoms. The van der Waals surface area contributed by atoms with Crippen molar-refractivity contribution in [3.63, 3.8) is 0 Å². The third-order valence-corrected chi connectivity index (χ3v) is 7.70. The predicted octanol–water partition coefficient (Wildman–Crippen LogP) is 1.62. The van der Waals surface area contributed by atoms with Crippen molar-refractivity contribution in [2.75, 3.05) is 14.1 Å². The van der Waals surface area contributed by atoms with E-state index in [1.54, 1.807) is 30.3 Å². The minimum absolute atomic E-state index is 0.0722. The molecule has 0 aliphatic carbocycles. The van der Waals surface area contributed by atoms with E-state index in [1.807, 2.05) is 6.07 Å². The van der Waals surface area contributed by atoms with Crippen molar-refractivity contribution in [1.29, 1.82) is 0 Å². The lowest BCUT2D eigenvalue weighted by molar-refractivity contribution is 0.523. The first kappa shape index (κ1) is 18.1. The van der Waals surface area contributed by atoms with Crippen LogP contribution in [0.2, 0.25) is 0 Å².